The van der Waals surface area contributed by atoms with Crippen molar-refractivity contribution in [3.8, 4) is 0 Å². The lowest BCUT2D eigenvalue weighted by Gasteiger charge is -2.32. The maximum atomic E-state index is 9.61. The van der Waals surface area contributed by atoms with Crippen LogP contribution in [0.2, 0.25) is 0 Å². The quantitative estimate of drug-likeness (QED) is 0.725. The molecule has 1 aromatic heterocycles. The van der Waals surface area contributed by atoms with Crippen molar-refractivity contribution in [1.82, 2.24) is 10.2 Å². The van der Waals surface area contributed by atoms with Crippen LogP contribution in [-0.2, 0) is 9.31 Å². The van der Waals surface area contributed by atoms with Crippen molar-refractivity contribution in [2.24, 2.45) is 0 Å². The van der Waals surface area contributed by atoms with Gasteiger partial charge in [0.1, 0.15) is 0 Å². The average molecular weight is 279 g/mol. The predicted octanol–water partition coefficient (Wildman–Crippen LogP) is 1.31. The van der Waals surface area contributed by atoms with Crippen LogP contribution in [-0.4, -0.2) is 40.2 Å². The minimum atomic E-state index is -0.585. The molecule has 1 fully saturated rings. The van der Waals surface area contributed by atoms with E-state index in [0.717, 1.165) is 11.3 Å². The van der Waals surface area contributed by atoms with Gasteiger partial charge in [-0.3, -0.25) is 5.10 Å². The van der Waals surface area contributed by atoms with Crippen molar-refractivity contribution in [3.05, 3.63) is 16.7 Å². The molecule has 4 N–H and O–H groups in total. The topological polar surface area (TPSA) is 93.4 Å². The molecule has 0 spiro atoms. The van der Waals surface area contributed by atoms with Crippen LogP contribution in [0.25, 0.3) is 6.08 Å². The second kappa shape index (κ2) is 4.91. The summed E-state index contributed by atoms with van der Waals surface area (Å²) >= 11 is 0. The molecular weight excluding hydrogens is 257 g/mol. The van der Waals surface area contributed by atoms with E-state index >= 15 is 0 Å². The fourth-order valence-electron chi connectivity index (χ4n) is 2.01. The van der Waals surface area contributed by atoms with Gasteiger partial charge < -0.3 is 20.1 Å². The van der Waals surface area contributed by atoms with Gasteiger partial charge in [-0.1, -0.05) is 6.08 Å². The number of nitrogen functional groups attached to an aromatic ring is 1. The van der Waals surface area contributed by atoms with Crippen molar-refractivity contribution in [2.45, 2.75) is 45.8 Å². The molecule has 0 atom stereocenters. The fraction of sp³-hybridized carbons (Fsp3) is 0.615. The van der Waals surface area contributed by atoms with Crippen LogP contribution in [0.5, 0.6) is 0 Å². The van der Waals surface area contributed by atoms with Gasteiger partial charge in [0.05, 0.1) is 17.8 Å². The molecule has 7 heteroatoms. The largest absolute Gasteiger partial charge is 0.492 e. The van der Waals surface area contributed by atoms with Crippen LogP contribution in [0, 0.1) is 6.92 Å². The third kappa shape index (κ3) is 2.48. The molecule has 0 saturated carbocycles. The molecule has 0 bridgehead atoms. The highest BCUT2D eigenvalue weighted by Crippen LogP contribution is 2.38. The van der Waals surface area contributed by atoms with Crippen LogP contribution < -0.4 is 5.73 Å². The van der Waals surface area contributed by atoms with Gasteiger partial charge >= 0.3 is 7.12 Å². The van der Waals surface area contributed by atoms with E-state index in [0.29, 0.717) is 11.3 Å². The minimum absolute atomic E-state index is 0.166. The van der Waals surface area contributed by atoms with Crippen molar-refractivity contribution < 1.29 is 14.4 Å². The maximum Gasteiger partial charge on any atom is 0.492 e. The number of aromatic amines is 1. The van der Waals surface area contributed by atoms with E-state index in [2.05, 4.69) is 10.2 Å². The smallest absolute Gasteiger partial charge is 0.400 e. The van der Waals surface area contributed by atoms with Gasteiger partial charge in [0, 0.05) is 11.3 Å². The zero-order valence-electron chi connectivity index (χ0n) is 12.7. The maximum absolute atomic E-state index is 9.61. The number of aliphatic hydroxyl groups is 1. The van der Waals surface area contributed by atoms with Crippen LogP contribution in [0.1, 0.15) is 39.0 Å². The number of nitrogens with one attached hydrogen (secondary N) is 1. The van der Waals surface area contributed by atoms with E-state index in [-0.39, 0.29) is 6.61 Å². The lowest BCUT2D eigenvalue weighted by atomic mass is 9.77. The minimum Gasteiger partial charge on any atom is -0.400 e. The highest BCUT2D eigenvalue weighted by Gasteiger charge is 2.52. The first-order chi connectivity index (χ1) is 9.18. The number of aromatic nitrogens is 2. The van der Waals surface area contributed by atoms with E-state index in [4.69, 9.17) is 15.0 Å². The highest BCUT2D eigenvalue weighted by atomic mass is 16.7. The summed E-state index contributed by atoms with van der Waals surface area (Å²) in [5.41, 5.74) is 7.13. The normalized spacial score (nSPS) is 21.5. The molecule has 1 saturated heterocycles. The first kappa shape index (κ1) is 15.1. The molecule has 0 amide bonds. The molecule has 1 aliphatic rings. The van der Waals surface area contributed by atoms with Crippen LogP contribution in [0.3, 0.4) is 0 Å². The lowest BCUT2D eigenvalue weighted by Crippen LogP contribution is -2.41. The zero-order valence-corrected chi connectivity index (χ0v) is 12.7. The molecule has 110 valence electrons. The van der Waals surface area contributed by atoms with Crippen LogP contribution in [0.4, 0.5) is 5.82 Å². The molecular formula is C13H22BN3O3. The van der Waals surface area contributed by atoms with Gasteiger partial charge in [0.2, 0.25) is 0 Å². The molecule has 0 radical (unpaired) electrons. The number of hydrogen-bond acceptors (Lipinski definition) is 5. The molecule has 0 aliphatic carbocycles. The number of aryl methyl sites for hydroxylation is 1. The van der Waals surface area contributed by atoms with Crippen molar-refractivity contribution in [2.75, 3.05) is 12.3 Å². The van der Waals surface area contributed by atoms with Crippen molar-refractivity contribution in [3.63, 3.8) is 0 Å². The standard InChI is InChI=1S/C13H22BN3O3/c1-8-10(11(15)17-16-8)6-9(7-18)14-19-12(2,3)13(4,5)20-14/h6,18H,7H2,1-5H3,(H3,15,16,17). The average Bonchev–Trinajstić information content (AvgIpc) is 2.75. The Balaban J connectivity index is 2.31. The van der Waals surface area contributed by atoms with Gasteiger partial charge in [-0.25, -0.2) is 0 Å². The first-order valence-electron chi connectivity index (χ1n) is 6.65. The monoisotopic (exact) mass is 279 g/mol. The Morgan fingerprint density at radius 1 is 1.35 bits per heavy atom. The summed E-state index contributed by atoms with van der Waals surface area (Å²) in [7, 11) is -0.585. The van der Waals surface area contributed by atoms with Crippen LogP contribution in [0.15, 0.2) is 5.47 Å². The predicted molar refractivity (Wildman–Crippen MR) is 78.9 cm³/mol. The number of hydrogen-bond donors (Lipinski definition) is 3. The summed E-state index contributed by atoms with van der Waals surface area (Å²) in [4.78, 5) is 0. The Labute approximate surface area is 119 Å². The van der Waals surface area contributed by atoms with Gasteiger partial charge in [0.15, 0.2) is 5.82 Å². The fourth-order valence-corrected chi connectivity index (χ4v) is 2.01. The van der Waals surface area contributed by atoms with Gasteiger partial charge in [0.25, 0.3) is 0 Å². The number of nitrogens with two attached hydrogens (primary N) is 1. The molecule has 1 aromatic rings. The molecule has 1 aliphatic heterocycles. The molecule has 6 nitrogen and oxygen atoms in total. The number of H-pyrrole nitrogens is 1. The SMILES string of the molecule is Cc1[nH]nc(N)c1C=C(CO)B1OC(C)(C)C(C)(C)O1. The van der Waals surface area contributed by atoms with E-state index < -0.39 is 18.3 Å². The Hall–Kier alpha value is -1.31. The Kier molecular flexibility index (Phi) is 3.70. The second-order valence-corrected chi connectivity index (χ2v) is 6.11. The van der Waals surface area contributed by atoms with Gasteiger partial charge in [-0.05, 0) is 40.1 Å². The molecule has 0 aromatic carbocycles. The van der Waals surface area contributed by atoms with E-state index in [1.807, 2.05) is 34.6 Å². The van der Waals surface area contributed by atoms with Crippen LogP contribution >= 0.6 is 0 Å². The Morgan fingerprint density at radius 2 is 1.90 bits per heavy atom. The number of nitrogens with zero attached hydrogens (tertiary/aromatic N) is 1. The Bertz CT molecular complexity index is 501. The summed E-state index contributed by atoms with van der Waals surface area (Å²) in [6, 6.07) is 0. The summed E-state index contributed by atoms with van der Waals surface area (Å²) in [6.07, 6.45) is 1.77. The zero-order chi connectivity index (χ0) is 15.1. The summed E-state index contributed by atoms with van der Waals surface area (Å²) in [5, 5.41) is 16.3. The summed E-state index contributed by atoms with van der Waals surface area (Å²) < 4.78 is 11.8. The molecule has 2 rings (SSSR count). The lowest BCUT2D eigenvalue weighted by molar-refractivity contribution is 0.00578. The number of aliphatic hydroxyl groups excluding tert-OH is 1. The van der Waals surface area contributed by atoms with E-state index in [9.17, 15) is 5.11 Å². The molecule has 2 heterocycles. The summed E-state index contributed by atoms with van der Waals surface area (Å²) in [6.45, 7) is 9.59. The van der Waals surface area contributed by atoms with E-state index in [1.54, 1.807) is 6.08 Å². The third-order valence-corrected chi connectivity index (χ3v) is 4.09. The first-order valence-corrected chi connectivity index (χ1v) is 6.65. The second-order valence-electron chi connectivity index (χ2n) is 6.11. The van der Waals surface area contributed by atoms with Gasteiger partial charge in [-0.2, -0.15) is 5.10 Å². The van der Waals surface area contributed by atoms with Gasteiger partial charge in [-0.15, -0.1) is 0 Å². The van der Waals surface area contributed by atoms with Crippen molar-refractivity contribution in [1.29, 1.82) is 0 Å². The van der Waals surface area contributed by atoms with E-state index in [1.165, 1.54) is 0 Å². The number of rotatable bonds is 3. The Morgan fingerprint density at radius 3 is 2.30 bits per heavy atom. The number of anilines is 1. The van der Waals surface area contributed by atoms with Crippen molar-refractivity contribution >= 4 is 19.0 Å². The molecule has 0 unspecified atom stereocenters. The molecule has 20 heavy (non-hydrogen) atoms. The highest BCUT2D eigenvalue weighted by molar-refractivity contribution is 6.55. The summed E-state index contributed by atoms with van der Waals surface area (Å²) in [5.74, 6) is 0.393. The third-order valence-electron chi connectivity index (χ3n) is 4.09.